The highest BCUT2D eigenvalue weighted by molar-refractivity contribution is 7.92. The average Bonchev–Trinajstić information content (AvgIpc) is 3.30. The zero-order valence-corrected chi connectivity index (χ0v) is 26.1. The van der Waals surface area contributed by atoms with Crippen molar-refractivity contribution in [2.75, 3.05) is 5.32 Å². The standard InChI is InChI=1S/C26H31N5O5S2.2ClH/c1-14(2)26(27,24(32)33)15(3)36-20-11-18-17(10-22(20)38(34,35)25(4,5)6)23(29-12-28-18)31-16-7-8-21-19(9-16)30-13-37-21;;/h7-15H,27H2,1-6H3,(H,32,33)(H,28,29,31);2*1H/t15?,26-;;/m0../s1. The van der Waals surface area contributed by atoms with Crippen LogP contribution in [0.4, 0.5) is 11.5 Å². The number of aromatic nitrogens is 3. The monoisotopic (exact) mass is 629 g/mol. The average molecular weight is 631 g/mol. The Labute approximate surface area is 249 Å². The molecular formula is C26H33Cl2N5O5S2. The Balaban J connectivity index is 0.00000280. The van der Waals surface area contributed by atoms with Gasteiger partial charge in [-0.3, -0.25) is 4.79 Å². The third-order valence-corrected chi connectivity index (χ3v) is 10.0. The second-order valence-corrected chi connectivity index (χ2v) is 14.0. The number of ether oxygens (including phenoxy) is 1. The highest BCUT2D eigenvalue weighted by Gasteiger charge is 2.45. The van der Waals surface area contributed by atoms with Gasteiger partial charge in [0.15, 0.2) is 15.4 Å². The van der Waals surface area contributed by atoms with E-state index in [0.29, 0.717) is 16.7 Å². The number of benzene rings is 2. The van der Waals surface area contributed by atoms with E-state index in [-0.39, 0.29) is 35.5 Å². The highest BCUT2D eigenvalue weighted by Crippen LogP contribution is 2.38. The largest absolute Gasteiger partial charge is 0.487 e. The molecule has 0 aliphatic heterocycles. The van der Waals surface area contributed by atoms with Gasteiger partial charge in [0.1, 0.15) is 28.9 Å². The van der Waals surface area contributed by atoms with Crippen molar-refractivity contribution >= 4 is 84.6 Å². The molecule has 218 valence electrons. The molecule has 2 atom stereocenters. The van der Waals surface area contributed by atoms with Gasteiger partial charge in [0, 0.05) is 17.1 Å². The van der Waals surface area contributed by atoms with Crippen molar-refractivity contribution in [1.29, 1.82) is 0 Å². The van der Waals surface area contributed by atoms with Crippen LogP contribution in [0.1, 0.15) is 41.5 Å². The maximum atomic E-state index is 13.7. The van der Waals surface area contributed by atoms with Crippen LogP contribution < -0.4 is 15.8 Å². The Bertz CT molecular complexity index is 1640. The number of anilines is 2. The number of aliphatic carboxylic acids is 1. The lowest BCUT2D eigenvalue weighted by Gasteiger charge is -2.35. The molecule has 0 spiro atoms. The fourth-order valence-electron chi connectivity index (χ4n) is 4.05. The summed E-state index contributed by atoms with van der Waals surface area (Å²) in [6, 6.07) is 8.67. The number of sulfone groups is 1. The molecule has 4 N–H and O–H groups in total. The molecule has 0 radical (unpaired) electrons. The summed E-state index contributed by atoms with van der Waals surface area (Å²) in [4.78, 5) is 25.0. The quantitative estimate of drug-likeness (QED) is 0.224. The highest BCUT2D eigenvalue weighted by atomic mass is 35.5. The molecule has 2 heterocycles. The van der Waals surface area contributed by atoms with Gasteiger partial charge in [-0.2, -0.15) is 0 Å². The van der Waals surface area contributed by atoms with Gasteiger partial charge in [0.05, 0.1) is 26.0 Å². The summed E-state index contributed by atoms with van der Waals surface area (Å²) < 4.78 is 33.3. The van der Waals surface area contributed by atoms with Gasteiger partial charge in [0.25, 0.3) is 0 Å². The Morgan fingerprint density at radius 2 is 1.73 bits per heavy atom. The molecular weight excluding hydrogens is 597 g/mol. The lowest BCUT2D eigenvalue weighted by molar-refractivity contribution is -0.149. The molecule has 4 aromatic rings. The summed E-state index contributed by atoms with van der Waals surface area (Å²) >= 11 is 1.53. The van der Waals surface area contributed by atoms with Crippen LogP contribution in [0.25, 0.3) is 21.1 Å². The SMILES string of the molecule is CC(C)[C@@](N)(C(=O)O)C(C)Oc1cc2ncnc(Nc3ccc4scnc4c3)c2cc1S(=O)(=O)C(C)(C)C.Cl.Cl. The first-order valence-electron chi connectivity index (χ1n) is 12.0. The van der Waals surface area contributed by atoms with Crippen molar-refractivity contribution in [2.24, 2.45) is 11.7 Å². The van der Waals surface area contributed by atoms with E-state index in [2.05, 4.69) is 20.3 Å². The number of hydrogen-bond acceptors (Lipinski definition) is 10. The molecule has 0 saturated carbocycles. The second-order valence-electron chi connectivity index (χ2n) is 10.5. The zero-order valence-electron chi connectivity index (χ0n) is 22.8. The van der Waals surface area contributed by atoms with E-state index in [1.807, 2.05) is 18.2 Å². The van der Waals surface area contributed by atoms with Gasteiger partial charge in [-0.05, 0) is 57.9 Å². The third-order valence-electron chi connectivity index (χ3n) is 6.69. The molecule has 0 saturated heterocycles. The maximum Gasteiger partial charge on any atom is 0.327 e. The van der Waals surface area contributed by atoms with Crippen LogP contribution in [0.3, 0.4) is 0 Å². The van der Waals surface area contributed by atoms with Crippen molar-refractivity contribution in [2.45, 2.75) is 62.8 Å². The van der Waals surface area contributed by atoms with Crippen LogP contribution in [0, 0.1) is 5.92 Å². The predicted octanol–water partition coefficient (Wildman–Crippen LogP) is 5.60. The number of rotatable bonds is 8. The molecule has 2 aromatic carbocycles. The maximum absolute atomic E-state index is 13.7. The summed E-state index contributed by atoms with van der Waals surface area (Å²) in [5, 5.41) is 13.5. The summed E-state index contributed by atoms with van der Waals surface area (Å²) in [6.07, 6.45) is 0.297. The first-order chi connectivity index (χ1) is 17.7. The normalized spacial score (nSPS) is 14.2. The van der Waals surface area contributed by atoms with Crippen LogP contribution >= 0.6 is 36.2 Å². The minimum atomic E-state index is -3.95. The van der Waals surface area contributed by atoms with Gasteiger partial charge >= 0.3 is 5.97 Å². The van der Waals surface area contributed by atoms with Gasteiger partial charge in [-0.15, -0.1) is 36.2 Å². The summed E-state index contributed by atoms with van der Waals surface area (Å²) in [7, 11) is -3.95. The van der Waals surface area contributed by atoms with Gasteiger partial charge in [0.2, 0.25) is 0 Å². The van der Waals surface area contributed by atoms with E-state index >= 15 is 0 Å². The van der Waals surface area contributed by atoms with Crippen molar-refractivity contribution in [1.82, 2.24) is 15.0 Å². The lowest BCUT2D eigenvalue weighted by Crippen LogP contribution is -2.61. The molecule has 0 aliphatic rings. The van der Waals surface area contributed by atoms with E-state index in [4.69, 9.17) is 10.5 Å². The molecule has 14 heteroatoms. The molecule has 2 aromatic heterocycles. The topological polar surface area (TPSA) is 157 Å². The van der Waals surface area contributed by atoms with E-state index in [1.165, 1.54) is 36.7 Å². The van der Waals surface area contributed by atoms with E-state index in [1.54, 1.807) is 40.1 Å². The van der Waals surface area contributed by atoms with Gasteiger partial charge in [-0.1, -0.05) is 13.8 Å². The molecule has 40 heavy (non-hydrogen) atoms. The Morgan fingerprint density at radius 3 is 2.33 bits per heavy atom. The molecule has 1 unspecified atom stereocenters. The number of hydrogen-bond donors (Lipinski definition) is 3. The van der Waals surface area contributed by atoms with Crippen LogP contribution in [-0.2, 0) is 14.6 Å². The van der Waals surface area contributed by atoms with Crippen molar-refractivity contribution < 1.29 is 23.1 Å². The second kappa shape index (κ2) is 12.0. The van der Waals surface area contributed by atoms with Crippen LogP contribution in [-0.4, -0.2) is 50.8 Å². The number of nitrogens with one attached hydrogen (secondary N) is 1. The van der Waals surface area contributed by atoms with Crippen molar-refractivity contribution in [3.8, 4) is 5.75 Å². The van der Waals surface area contributed by atoms with Crippen LogP contribution in [0.2, 0.25) is 0 Å². The Kier molecular flexibility index (Phi) is 10.0. The van der Waals surface area contributed by atoms with Crippen molar-refractivity contribution in [3.05, 3.63) is 42.2 Å². The summed E-state index contributed by atoms with van der Waals surface area (Å²) in [6.45, 7) is 9.63. The van der Waals surface area contributed by atoms with E-state index in [9.17, 15) is 18.3 Å². The molecule has 10 nitrogen and oxygen atoms in total. The number of nitrogens with two attached hydrogens (primary N) is 1. The first-order valence-corrected chi connectivity index (χ1v) is 14.3. The predicted molar refractivity (Wildman–Crippen MR) is 163 cm³/mol. The number of thiazole rings is 1. The first kappa shape index (κ1) is 33.4. The molecule has 0 aliphatic carbocycles. The molecule has 0 fully saturated rings. The molecule has 0 amide bonds. The number of carboxylic acids is 1. The van der Waals surface area contributed by atoms with Gasteiger partial charge in [-0.25, -0.2) is 23.4 Å². The smallest absolute Gasteiger partial charge is 0.327 e. The molecule has 0 bridgehead atoms. The van der Waals surface area contributed by atoms with Crippen molar-refractivity contribution in [3.63, 3.8) is 0 Å². The zero-order chi connectivity index (χ0) is 28.0. The Morgan fingerprint density at radius 1 is 1.05 bits per heavy atom. The minimum Gasteiger partial charge on any atom is -0.487 e. The number of fused-ring (bicyclic) bond motifs is 2. The summed E-state index contributed by atoms with van der Waals surface area (Å²) in [5.74, 6) is -1.36. The number of halogens is 2. The van der Waals surface area contributed by atoms with E-state index < -0.39 is 38.1 Å². The Hall–Kier alpha value is -2.77. The number of nitrogens with zero attached hydrogens (tertiary/aromatic N) is 3. The van der Waals surface area contributed by atoms with Crippen LogP contribution in [0.15, 0.2) is 47.1 Å². The number of carboxylic acid groups (broad SMARTS) is 1. The number of carbonyl (C=O) groups is 1. The summed E-state index contributed by atoms with van der Waals surface area (Å²) in [5.41, 5.74) is 8.23. The van der Waals surface area contributed by atoms with Gasteiger partial charge < -0.3 is 20.9 Å². The molecule has 4 rings (SSSR count). The lowest BCUT2D eigenvalue weighted by atomic mass is 9.83. The fourth-order valence-corrected chi connectivity index (χ4v) is 6.01. The third kappa shape index (κ3) is 5.96. The van der Waals surface area contributed by atoms with Crippen LogP contribution in [0.5, 0.6) is 5.75 Å². The fraction of sp³-hybridized carbons (Fsp3) is 0.385. The van der Waals surface area contributed by atoms with E-state index in [0.717, 1.165) is 15.9 Å². The minimum absolute atomic E-state index is 0.